The zero-order valence-corrected chi connectivity index (χ0v) is 20.6. The lowest BCUT2D eigenvalue weighted by Crippen LogP contribution is -2.47. The van der Waals surface area contributed by atoms with Gasteiger partial charge in [0.15, 0.2) is 0 Å². The molecule has 0 radical (unpaired) electrons. The largest absolute Gasteiger partial charge is 0.494 e. The Morgan fingerprint density at radius 3 is 2.79 bits per heavy atom. The third kappa shape index (κ3) is 10.4. The van der Waals surface area contributed by atoms with Crippen molar-refractivity contribution in [2.24, 2.45) is 0 Å². The summed E-state index contributed by atoms with van der Waals surface area (Å²) in [5.41, 5.74) is 1.30. The number of nitrogens with one attached hydrogen (secondary N) is 3. The molecule has 2 saturated heterocycles. The fourth-order valence-corrected chi connectivity index (χ4v) is 4.94. The van der Waals surface area contributed by atoms with Gasteiger partial charge >= 0.3 is 0 Å². The molecule has 2 heterocycles. The van der Waals surface area contributed by atoms with Crippen LogP contribution in [0.2, 0.25) is 0 Å². The average Bonchev–Trinajstić information content (AvgIpc) is 2.85. The van der Waals surface area contributed by atoms with Gasteiger partial charge in [-0.05, 0) is 69.4 Å². The summed E-state index contributed by atoms with van der Waals surface area (Å²) in [5, 5.41) is 9.14. The smallest absolute Gasteiger partial charge is 0.237 e. The Balaban J connectivity index is 1.18. The Morgan fingerprint density at radius 2 is 1.97 bits per heavy atom. The van der Waals surface area contributed by atoms with E-state index in [9.17, 15) is 9.59 Å². The van der Waals surface area contributed by atoms with E-state index in [-0.39, 0.29) is 17.9 Å². The predicted molar refractivity (Wildman–Crippen MR) is 135 cm³/mol. The molecule has 2 amide bonds. The van der Waals surface area contributed by atoms with Gasteiger partial charge in [0.1, 0.15) is 5.75 Å². The Kier molecular flexibility index (Phi) is 11.9. The first kappa shape index (κ1) is 25.8. The lowest BCUT2D eigenvalue weighted by molar-refractivity contribution is -0.123. The summed E-state index contributed by atoms with van der Waals surface area (Å²) in [7, 11) is 0. The second kappa shape index (κ2) is 15.2. The van der Waals surface area contributed by atoms with E-state index in [1.807, 2.05) is 6.07 Å². The molecule has 2 fully saturated rings. The van der Waals surface area contributed by atoms with E-state index >= 15 is 0 Å². The maximum Gasteiger partial charge on any atom is 0.237 e. The van der Waals surface area contributed by atoms with Crippen LogP contribution >= 0.6 is 11.8 Å². The molecule has 7 nitrogen and oxygen atoms in total. The van der Waals surface area contributed by atoms with Gasteiger partial charge < -0.3 is 20.7 Å². The maximum absolute atomic E-state index is 12.0. The lowest BCUT2D eigenvalue weighted by Gasteiger charge is -2.26. The van der Waals surface area contributed by atoms with Crippen LogP contribution in [0, 0.1) is 0 Å². The number of thioether (sulfide) groups is 1. The van der Waals surface area contributed by atoms with Gasteiger partial charge in [-0.3, -0.25) is 14.5 Å². The van der Waals surface area contributed by atoms with Gasteiger partial charge in [-0.1, -0.05) is 25.0 Å². The fraction of sp³-hybridized carbons (Fsp3) is 0.680. The number of benzene rings is 1. The molecule has 0 saturated carbocycles. The molecule has 1 aromatic carbocycles. The van der Waals surface area contributed by atoms with Crippen molar-refractivity contribution < 1.29 is 14.3 Å². The highest BCUT2D eigenvalue weighted by atomic mass is 32.2. The van der Waals surface area contributed by atoms with Gasteiger partial charge in [-0.2, -0.15) is 11.8 Å². The fourth-order valence-electron chi connectivity index (χ4n) is 4.26. The summed E-state index contributed by atoms with van der Waals surface area (Å²) in [4.78, 5) is 26.5. The van der Waals surface area contributed by atoms with E-state index < -0.39 is 0 Å². The molecule has 1 aromatic rings. The minimum atomic E-state index is -0.0496. The van der Waals surface area contributed by atoms with E-state index in [1.54, 1.807) is 11.8 Å². The van der Waals surface area contributed by atoms with Crippen molar-refractivity contribution in [2.75, 3.05) is 50.8 Å². The van der Waals surface area contributed by atoms with Crippen molar-refractivity contribution in [3.63, 3.8) is 0 Å². The zero-order valence-electron chi connectivity index (χ0n) is 19.8. The van der Waals surface area contributed by atoms with Gasteiger partial charge in [0.25, 0.3) is 0 Å². The standard InChI is InChI=1S/C25H40N4O3S/c30-24(20-33-17-13-28-25(31)23-10-2-3-11-26-23)27-12-7-16-32-22-9-6-8-21(18-22)19-29-14-4-1-5-15-29/h6,8-9,18,23,26H,1-5,7,10-17,19-20H2,(H,27,30)(H,28,31). The van der Waals surface area contributed by atoms with Crippen LogP contribution in [0.15, 0.2) is 24.3 Å². The van der Waals surface area contributed by atoms with Crippen molar-refractivity contribution >= 4 is 23.6 Å². The van der Waals surface area contributed by atoms with Crippen LogP contribution in [-0.4, -0.2) is 73.6 Å². The van der Waals surface area contributed by atoms with Crippen LogP contribution in [0.3, 0.4) is 0 Å². The molecule has 8 heteroatoms. The lowest BCUT2D eigenvalue weighted by atomic mass is 10.0. The predicted octanol–water partition coefficient (Wildman–Crippen LogP) is 2.55. The second-order valence-electron chi connectivity index (χ2n) is 8.88. The summed E-state index contributed by atoms with van der Waals surface area (Å²) >= 11 is 1.54. The molecular weight excluding hydrogens is 436 g/mol. The second-order valence-corrected chi connectivity index (χ2v) is 9.99. The van der Waals surface area contributed by atoms with Crippen molar-refractivity contribution in [3.8, 4) is 5.75 Å². The van der Waals surface area contributed by atoms with Crippen LogP contribution in [0.5, 0.6) is 5.75 Å². The van der Waals surface area contributed by atoms with Crippen molar-refractivity contribution in [2.45, 2.75) is 57.5 Å². The SMILES string of the molecule is O=C(CSCCNC(=O)C1CCCCN1)NCCCOc1cccc(CN2CCCCC2)c1. The average molecular weight is 477 g/mol. The number of ether oxygens (including phenoxy) is 1. The number of rotatable bonds is 13. The molecule has 0 spiro atoms. The summed E-state index contributed by atoms with van der Waals surface area (Å²) < 4.78 is 5.88. The van der Waals surface area contributed by atoms with Gasteiger partial charge in [0.2, 0.25) is 11.8 Å². The van der Waals surface area contributed by atoms with Gasteiger partial charge in [0.05, 0.1) is 18.4 Å². The van der Waals surface area contributed by atoms with Crippen molar-refractivity contribution in [1.82, 2.24) is 20.9 Å². The minimum absolute atomic E-state index is 0.0313. The van der Waals surface area contributed by atoms with Gasteiger partial charge in [-0.15, -0.1) is 0 Å². The molecule has 0 bridgehead atoms. The molecule has 33 heavy (non-hydrogen) atoms. The van der Waals surface area contributed by atoms with Gasteiger partial charge in [-0.25, -0.2) is 0 Å². The van der Waals surface area contributed by atoms with Crippen LogP contribution in [0.4, 0.5) is 0 Å². The number of carbonyl (C=O) groups excluding carboxylic acids is 2. The molecule has 0 aliphatic carbocycles. The third-order valence-corrected chi connectivity index (χ3v) is 7.03. The first-order valence-electron chi connectivity index (χ1n) is 12.5. The minimum Gasteiger partial charge on any atom is -0.494 e. The topological polar surface area (TPSA) is 82.7 Å². The molecule has 3 N–H and O–H groups in total. The number of amides is 2. The summed E-state index contributed by atoms with van der Waals surface area (Å²) in [6.45, 7) is 6.08. The number of likely N-dealkylation sites (tertiary alicyclic amines) is 1. The van der Waals surface area contributed by atoms with E-state index in [0.717, 1.165) is 50.3 Å². The van der Waals surface area contributed by atoms with Crippen LogP contribution in [0.1, 0.15) is 50.5 Å². The molecular formula is C25H40N4O3S. The van der Waals surface area contributed by atoms with Crippen molar-refractivity contribution in [3.05, 3.63) is 29.8 Å². The van der Waals surface area contributed by atoms with Crippen molar-refractivity contribution in [1.29, 1.82) is 0 Å². The highest BCUT2D eigenvalue weighted by molar-refractivity contribution is 7.99. The highest BCUT2D eigenvalue weighted by Crippen LogP contribution is 2.17. The van der Waals surface area contributed by atoms with E-state index in [0.29, 0.717) is 25.4 Å². The Morgan fingerprint density at radius 1 is 1.09 bits per heavy atom. The first-order valence-corrected chi connectivity index (χ1v) is 13.7. The molecule has 184 valence electrons. The molecule has 2 aliphatic heterocycles. The molecule has 2 aliphatic rings. The summed E-state index contributed by atoms with van der Waals surface area (Å²) in [6.07, 6.45) is 7.89. The first-order chi connectivity index (χ1) is 16.2. The van der Waals surface area contributed by atoms with Gasteiger partial charge in [0, 0.05) is 25.4 Å². The number of nitrogens with zero attached hydrogens (tertiary/aromatic N) is 1. The molecule has 3 rings (SSSR count). The number of hydrogen-bond acceptors (Lipinski definition) is 6. The molecule has 0 aromatic heterocycles. The number of piperidine rings is 2. The van der Waals surface area contributed by atoms with Crippen LogP contribution < -0.4 is 20.7 Å². The Bertz CT molecular complexity index is 721. The number of carbonyl (C=O) groups is 2. The molecule has 1 unspecified atom stereocenters. The van der Waals surface area contributed by atoms with Crippen LogP contribution in [0.25, 0.3) is 0 Å². The van der Waals surface area contributed by atoms with E-state index in [1.165, 1.54) is 37.9 Å². The quantitative estimate of drug-likeness (QED) is 0.380. The zero-order chi connectivity index (χ0) is 23.1. The normalized spacial score (nSPS) is 19.1. The van der Waals surface area contributed by atoms with Crippen LogP contribution in [-0.2, 0) is 16.1 Å². The monoisotopic (exact) mass is 476 g/mol. The highest BCUT2D eigenvalue weighted by Gasteiger charge is 2.19. The summed E-state index contributed by atoms with van der Waals surface area (Å²) in [5.74, 6) is 2.16. The maximum atomic E-state index is 12.0. The summed E-state index contributed by atoms with van der Waals surface area (Å²) in [6, 6.07) is 8.30. The Hall–Kier alpha value is -1.77. The molecule has 1 atom stereocenters. The Labute approximate surface area is 202 Å². The van der Waals surface area contributed by atoms with E-state index in [2.05, 4.69) is 39.0 Å². The van der Waals surface area contributed by atoms with E-state index in [4.69, 9.17) is 4.74 Å². The number of hydrogen-bond donors (Lipinski definition) is 3. The third-order valence-electron chi connectivity index (χ3n) is 6.07.